The molecule has 0 bridgehead atoms. The minimum Gasteiger partial charge on any atom is -0.326 e. The normalized spacial score (nSPS) is 21.2. The third kappa shape index (κ3) is 3.94. The lowest BCUT2D eigenvalue weighted by atomic mass is 10.1. The van der Waals surface area contributed by atoms with E-state index in [1.807, 2.05) is 24.3 Å². The van der Waals surface area contributed by atoms with Crippen molar-refractivity contribution in [2.45, 2.75) is 12.8 Å². The lowest BCUT2D eigenvalue weighted by Gasteiger charge is -2.09. The van der Waals surface area contributed by atoms with Crippen molar-refractivity contribution in [3.63, 3.8) is 0 Å². The number of halogens is 1. The monoisotopic (exact) mass is 301 g/mol. The Kier molecular flexibility index (Phi) is 4.47. The van der Waals surface area contributed by atoms with E-state index in [-0.39, 0.29) is 17.4 Å². The molecule has 1 atom stereocenters. The molecular weight excluding hydrogens is 286 g/mol. The molecule has 1 heterocycles. The fourth-order valence-corrected chi connectivity index (χ4v) is 4.07. The van der Waals surface area contributed by atoms with E-state index >= 15 is 0 Å². The number of carbonyl (C=O) groups is 1. The molecule has 0 aromatic heterocycles. The number of aryl methyl sites for hydroxylation is 1. The summed E-state index contributed by atoms with van der Waals surface area (Å²) in [5.74, 6) is -0.00662. The van der Waals surface area contributed by atoms with Crippen LogP contribution in [-0.2, 0) is 21.1 Å². The van der Waals surface area contributed by atoms with Crippen molar-refractivity contribution < 1.29 is 13.2 Å². The first-order valence-electron chi connectivity index (χ1n) is 6.16. The number of hydrogen-bond donors (Lipinski definition) is 1. The summed E-state index contributed by atoms with van der Waals surface area (Å²) < 4.78 is 22.6. The molecule has 1 unspecified atom stereocenters. The Balaban J connectivity index is 1.95. The third-order valence-electron chi connectivity index (χ3n) is 3.21. The Morgan fingerprint density at radius 1 is 1.32 bits per heavy atom. The van der Waals surface area contributed by atoms with Gasteiger partial charge in [-0.05, 0) is 30.5 Å². The molecule has 0 saturated carbocycles. The van der Waals surface area contributed by atoms with Crippen LogP contribution in [0.25, 0.3) is 0 Å². The van der Waals surface area contributed by atoms with E-state index in [4.69, 9.17) is 11.6 Å². The van der Waals surface area contributed by atoms with E-state index in [2.05, 4.69) is 5.32 Å². The molecule has 1 N–H and O–H groups in total. The maximum Gasteiger partial charge on any atom is 0.228 e. The van der Waals surface area contributed by atoms with Crippen molar-refractivity contribution in [2.24, 2.45) is 5.92 Å². The molecule has 0 radical (unpaired) electrons. The predicted molar refractivity (Wildman–Crippen MR) is 76.3 cm³/mol. The summed E-state index contributed by atoms with van der Waals surface area (Å²) in [5.41, 5.74) is 1.80. The maximum atomic E-state index is 11.9. The summed E-state index contributed by atoms with van der Waals surface area (Å²) in [6, 6.07) is 7.43. The zero-order valence-corrected chi connectivity index (χ0v) is 12.0. The molecule has 6 heteroatoms. The van der Waals surface area contributed by atoms with E-state index in [0.29, 0.717) is 18.0 Å². The number of hydrogen-bond acceptors (Lipinski definition) is 3. The van der Waals surface area contributed by atoms with Gasteiger partial charge in [0.25, 0.3) is 0 Å². The summed E-state index contributed by atoms with van der Waals surface area (Å²) >= 11 is 5.65. The molecule has 1 aromatic rings. The second-order valence-corrected chi connectivity index (χ2v) is 7.33. The minimum atomic E-state index is -3.02. The van der Waals surface area contributed by atoms with Gasteiger partial charge in [0.1, 0.15) is 0 Å². The van der Waals surface area contributed by atoms with Gasteiger partial charge < -0.3 is 5.32 Å². The maximum absolute atomic E-state index is 11.9. The molecule has 2 rings (SSSR count). The summed E-state index contributed by atoms with van der Waals surface area (Å²) in [6.07, 6.45) is 1.20. The van der Waals surface area contributed by atoms with E-state index in [1.165, 1.54) is 0 Å². The third-order valence-corrected chi connectivity index (χ3v) is 5.16. The highest BCUT2D eigenvalue weighted by Crippen LogP contribution is 2.20. The molecule has 19 heavy (non-hydrogen) atoms. The Hall–Kier alpha value is -1.07. The van der Waals surface area contributed by atoms with Gasteiger partial charge in [0.15, 0.2) is 9.84 Å². The van der Waals surface area contributed by atoms with Crippen LogP contribution in [0.1, 0.15) is 12.0 Å². The molecule has 1 saturated heterocycles. The first kappa shape index (κ1) is 14.3. The standard InChI is InChI=1S/C13H16ClNO3S/c14-7-5-10-1-3-12(4-2-10)15-13(16)11-6-8-19(17,18)9-11/h1-4,11H,5-9H2,(H,15,16). The van der Waals surface area contributed by atoms with Gasteiger partial charge in [-0.1, -0.05) is 12.1 Å². The number of carbonyl (C=O) groups excluding carboxylic acids is 1. The molecule has 1 aromatic carbocycles. The highest BCUT2D eigenvalue weighted by molar-refractivity contribution is 7.91. The molecule has 104 valence electrons. The fraction of sp³-hybridized carbons (Fsp3) is 0.462. The SMILES string of the molecule is O=C(Nc1ccc(CCCl)cc1)C1CCS(=O)(=O)C1. The zero-order chi connectivity index (χ0) is 13.9. The van der Waals surface area contributed by atoms with Gasteiger partial charge in [-0.2, -0.15) is 0 Å². The Morgan fingerprint density at radius 3 is 2.53 bits per heavy atom. The smallest absolute Gasteiger partial charge is 0.228 e. The van der Waals surface area contributed by atoms with Gasteiger partial charge in [-0.15, -0.1) is 11.6 Å². The van der Waals surface area contributed by atoms with Crippen molar-refractivity contribution in [2.75, 3.05) is 22.7 Å². The van der Waals surface area contributed by atoms with Crippen molar-refractivity contribution in [3.05, 3.63) is 29.8 Å². The molecule has 0 aliphatic carbocycles. The van der Waals surface area contributed by atoms with Gasteiger partial charge in [-0.3, -0.25) is 4.79 Å². The first-order valence-corrected chi connectivity index (χ1v) is 8.52. The summed E-state index contributed by atoms with van der Waals surface area (Å²) in [7, 11) is -3.02. The van der Waals surface area contributed by atoms with Crippen molar-refractivity contribution in [1.29, 1.82) is 0 Å². The van der Waals surface area contributed by atoms with Crippen LogP contribution in [0.2, 0.25) is 0 Å². The van der Waals surface area contributed by atoms with Gasteiger partial charge in [0, 0.05) is 11.6 Å². The first-order chi connectivity index (χ1) is 9.00. The van der Waals surface area contributed by atoms with Gasteiger partial charge >= 0.3 is 0 Å². The zero-order valence-electron chi connectivity index (χ0n) is 10.4. The molecule has 0 spiro atoms. The van der Waals surface area contributed by atoms with Crippen LogP contribution >= 0.6 is 11.6 Å². The Bertz CT molecular complexity index is 554. The predicted octanol–water partition coefficient (Wildman–Crippen LogP) is 1.84. The Morgan fingerprint density at radius 2 is 2.00 bits per heavy atom. The topological polar surface area (TPSA) is 63.2 Å². The minimum absolute atomic E-state index is 0.0385. The van der Waals surface area contributed by atoms with Crippen LogP contribution < -0.4 is 5.32 Å². The number of amides is 1. The average molecular weight is 302 g/mol. The number of rotatable bonds is 4. The second-order valence-electron chi connectivity index (χ2n) is 4.73. The van der Waals surface area contributed by atoms with Crippen LogP contribution in [0, 0.1) is 5.92 Å². The summed E-state index contributed by atoms with van der Waals surface area (Å²) in [6.45, 7) is 0. The summed E-state index contributed by atoms with van der Waals surface area (Å²) in [5, 5.41) is 2.75. The van der Waals surface area contributed by atoms with E-state index in [0.717, 1.165) is 12.0 Å². The molecular formula is C13H16ClNO3S. The Labute approximate surface area is 118 Å². The highest BCUT2D eigenvalue weighted by Gasteiger charge is 2.32. The lowest BCUT2D eigenvalue weighted by Crippen LogP contribution is -2.23. The lowest BCUT2D eigenvalue weighted by molar-refractivity contribution is -0.119. The van der Waals surface area contributed by atoms with Crippen LogP contribution in [-0.4, -0.2) is 31.7 Å². The number of nitrogens with one attached hydrogen (secondary N) is 1. The number of benzene rings is 1. The highest BCUT2D eigenvalue weighted by atomic mass is 35.5. The van der Waals surface area contributed by atoms with Crippen LogP contribution in [0.3, 0.4) is 0 Å². The van der Waals surface area contributed by atoms with Crippen molar-refractivity contribution >= 4 is 33.0 Å². The largest absolute Gasteiger partial charge is 0.326 e. The van der Waals surface area contributed by atoms with E-state index < -0.39 is 15.8 Å². The van der Waals surface area contributed by atoms with Crippen LogP contribution in [0.5, 0.6) is 0 Å². The fourth-order valence-electron chi connectivity index (χ4n) is 2.11. The summed E-state index contributed by atoms with van der Waals surface area (Å²) in [4.78, 5) is 11.9. The quantitative estimate of drug-likeness (QED) is 0.863. The molecule has 1 aliphatic rings. The van der Waals surface area contributed by atoms with Crippen molar-refractivity contribution in [1.82, 2.24) is 0 Å². The molecule has 1 amide bonds. The van der Waals surface area contributed by atoms with Crippen molar-refractivity contribution in [3.8, 4) is 0 Å². The van der Waals surface area contributed by atoms with Crippen LogP contribution in [0.4, 0.5) is 5.69 Å². The van der Waals surface area contributed by atoms with E-state index in [9.17, 15) is 13.2 Å². The number of sulfone groups is 1. The number of anilines is 1. The molecule has 4 nitrogen and oxygen atoms in total. The van der Waals surface area contributed by atoms with Gasteiger partial charge in [0.2, 0.25) is 5.91 Å². The van der Waals surface area contributed by atoms with E-state index in [1.54, 1.807) is 0 Å². The second kappa shape index (κ2) is 5.92. The molecule has 1 fully saturated rings. The van der Waals surface area contributed by atoms with Crippen LogP contribution in [0.15, 0.2) is 24.3 Å². The number of alkyl halides is 1. The van der Waals surface area contributed by atoms with Gasteiger partial charge in [-0.25, -0.2) is 8.42 Å². The van der Waals surface area contributed by atoms with Gasteiger partial charge in [0.05, 0.1) is 17.4 Å². The molecule has 1 aliphatic heterocycles. The average Bonchev–Trinajstić information content (AvgIpc) is 2.73.